The number of halogens is 1. The van der Waals surface area contributed by atoms with Crippen molar-refractivity contribution in [2.75, 3.05) is 30.5 Å². The first-order valence-electron chi connectivity index (χ1n) is 11.8. The van der Waals surface area contributed by atoms with E-state index in [1.807, 2.05) is 11.0 Å². The quantitative estimate of drug-likeness (QED) is 0.381. The second-order valence-corrected chi connectivity index (χ2v) is 8.80. The number of rotatable bonds is 10. The first kappa shape index (κ1) is 26.1. The van der Waals surface area contributed by atoms with E-state index in [-0.39, 0.29) is 36.6 Å². The van der Waals surface area contributed by atoms with Crippen molar-refractivity contribution >= 4 is 35.2 Å². The number of benzene rings is 1. The summed E-state index contributed by atoms with van der Waals surface area (Å²) in [6.07, 6.45) is 6.49. The molecule has 3 aromatic rings. The predicted molar refractivity (Wildman–Crippen MR) is 138 cm³/mol. The minimum atomic E-state index is -0.368. The number of esters is 1. The number of aromatic nitrogens is 4. The first-order chi connectivity index (χ1) is 17.9. The standard InChI is InChI=1S/C25H28ClN7O4/c1-16(34)37-15-18-5-3-10-33(18)25-31-13-19(24(35)30-14-22-27-8-4-9-28-22)23(32-25)29-12-17-6-7-21(36-2)20(26)11-17/h4,6-9,11,13,18H,3,5,10,12,14-15H2,1-2H3,(H,30,35)(H,29,31,32). The zero-order valence-corrected chi connectivity index (χ0v) is 21.4. The molecule has 0 bridgehead atoms. The molecule has 194 valence electrons. The van der Waals surface area contributed by atoms with Crippen LogP contribution in [-0.4, -0.2) is 58.1 Å². The monoisotopic (exact) mass is 525 g/mol. The van der Waals surface area contributed by atoms with Crippen LogP contribution in [0.5, 0.6) is 5.75 Å². The van der Waals surface area contributed by atoms with Gasteiger partial charge in [0.15, 0.2) is 0 Å². The van der Waals surface area contributed by atoms with Gasteiger partial charge in [-0.15, -0.1) is 0 Å². The third kappa shape index (κ3) is 6.82. The maximum atomic E-state index is 13.1. The lowest BCUT2D eigenvalue weighted by Crippen LogP contribution is -2.35. The highest BCUT2D eigenvalue weighted by atomic mass is 35.5. The molecule has 2 N–H and O–H groups in total. The van der Waals surface area contributed by atoms with E-state index in [4.69, 9.17) is 26.1 Å². The van der Waals surface area contributed by atoms with Crippen molar-refractivity contribution in [2.24, 2.45) is 0 Å². The number of amides is 1. The van der Waals surface area contributed by atoms with E-state index < -0.39 is 0 Å². The van der Waals surface area contributed by atoms with Crippen molar-refractivity contribution in [3.8, 4) is 5.75 Å². The Balaban J connectivity index is 1.56. The topological polar surface area (TPSA) is 131 Å². The molecule has 0 radical (unpaired) electrons. The summed E-state index contributed by atoms with van der Waals surface area (Å²) in [7, 11) is 1.56. The van der Waals surface area contributed by atoms with E-state index in [2.05, 4.69) is 25.6 Å². The summed E-state index contributed by atoms with van der Waals surface area (Å²) in [6.45, 7) is 2.88. The molecule has 3 heterocycles. The van der Waals surface area contributed by atoms with Crippen molar-refractivity contribution in [2.45, 2.75) is 38.9 Å². The highest BCUT2D eigenvalue weighted by molar-refractivity contribution is 6.32. The Kier molecular flexibility index (Phi) is 8.68. The molecule has 12 heteroatoms. The average Bonchev–Trinajstić information content (AvgIpc) is 3.38. The Morgan fingerprint density at radius 3 is 2.73 bits per heavy atom. The normalized spacial score (nSPS) is 14.8. The molecule has 1 fully saturated rings. The van der Waals surface area contributed by atoms with Crippen molar-refractivity contribution in [3.05, 3.63) is 64.8 Å². The van der Waals surface area contributed by atoms with Crippen LogP contribution in [0.1, 0.15) is 41.5 Å². The van der Waals surface area contributed by atoms with Gasteiger partial charge in [-0.1, -0.05) is 17.7 Å². The van der Waals surface area contributed by atoms with Crippen molar-refractivity contribution in [1.29, 1.82) is 0 Å². The molecule has 1 aromatic carbocycles. The Morgan fingerprint density at radius 1 is 1.19 bits per heavy atom. The second kappa shape index (κ2) is 12.3. The number of nitrogens with zero attached hydrogens (tertiary/aromatic N) is 5. The van der Waals surface area contributed by atoms with Crippen LogP contribution >= 0.6 is 11.6 Å². The van der Waals surface area contributed by atoms with Crippen LogP contribution in [0.4, 0.5) is 11.8 Å². The van der Waals surface area contributed by atoms with Gasteiger partial charge in [0.2, 0.25) is 5.95 Å². The van der Waals surface area contributed by atoms with Crippen LogP contribution in [0.15, 0.2) is 42.9 Å². The average molecular weight is 526 g/mol. The molecule has 1 aliphatic heterocycles. The molecule has 0 spiro atoms. The van der Waals surface area contributed by atoms with Crippen LogP contribution in [-0.2, 0) is 22.6 Å². The van der Waals surface area contributed by atoms with Gasteiger partial charge in [-0.3, -0.25) is 9.59 Å². The molecule has 1 atom stereocenters. The molecule has 11 nitrogen and oxygen atoms in total. The Morgan fingerprint density at radius 2 is 2.00 bits per heavy atom. The van der Waals surface area contributed by atoms with Gasteiger partial charge < -0.3 is 25.0 Å². The predicted octanol–water partition coefficient (Wildman–Crippen LogP) is 3.00. The summed E-state index contributed by atoms with van der Waals surface area (Å²) in [5, 5.41) is 6.55. The largest absolute Gasteiger partial charge is 0.495 e. The van der Waals surface area contributed by atoms with Gasteiger partial charge in [0.25, 0.3) is 5.91 Å². The summed E-state index contributed by atoms with van der Waals surface area (Å²) < 4.78 is 10.4. The molecule has 0 aliphatic carbocycles. The fourth-order valence-corrected chi connectivity index (χ4v) is 4.26. The van der Waals surface area contributed by atoms with Crippen molar-refractivity contribution in [1.82, 2.24) is 25.3 Å². The molecule has 1 unspecified atom stereocenters. The minimum Gasteiger partial charge on any atom is -0.495 e. The van der Waals surface area contributed by atoms with Crippen LogP contribution < -0.4 is 20.3 Å². The molecule has 2 aromatic heterocycles. The lowest BCUT2D eigenvalue weighted by atomic mass is 10.2. The third-order valence-electron chi connectivity index (χ3n) is 5.84. The van der Waals surface area contributed by atoms with Gasteiger partial charge in [-0.2, -0.15) is 4.98 Å². The number of methoxy groups -OCH3 is 1. The summed E-state index contributed by atoms with van der Waals surface area (Å²) in [5.41, 5.74) is 1.15. The Bertz CT molecular complexity index is 1240. The number of hydrogen-bond donors (Lipinski definition) is 2. The van der Waals surface area contributed by atoms with Crippen LogP contribution in [0, 0.1) is 0 Å². The number of hydrogen-bond acceptors (Lipinski definition) is 10. The van der Waals surface area contributed by atoms with E-state index in [1.165, 1.54) is 13.1 Å². The van der Waals surface area contributed by atoms with E-state index in [9.17, 15) is 9.59 Å². The number of carbonyl (C=O) groups is 2. The van der Waals surface area contributed by atoms with E-state index in [1.54, 1.807) is 37.7 Å². The lowest BCUT2D eigenvalue weighted by Gasteiger charge is -2.25. The first-order valence-corrected chi connectivity index (χ1v) is 12.2. The Labute approximate surface area is 219 Å². The van der Waals surface area contributed by atoms with E-state index in [0.717, 1.165) is 24.9 Å². The number of carbonyl (C=O) groups excluding carboxylic acids is 2. The summed E-state index contributed by atoms with van der Waals surface area (Å²) in [4.78, 5) is 43.8. The zero-order chi connectivity index (χ0) is 26.2. The van der Waals surface area contributed by atoms with Gasteiger partial charge in [-0.25, -0.2) is 15.0 Å². The van der Waals surface area contributed by atoms with Crippen LogP contribution in [0.3, 0.4) is 0 Å². The van der Waals surface area contributed by atoms with Crippen molar-refractivity contribution < 1.29 is 19.1 Å². The summed E-state index contributed by atoms with van der Waals surface area (Å²) in [5.74, 6) is 1.18. The smallest absolute Gasteiger partial charge is 0.302 e. The number of nitrogens with one attached hydrogen (secondary N) is 2. The molecule has 37 heavy (non-hydrogen) atoms. The second-order valence-electron chi connectivity index (χ2n) is 8.39. The van der Waals surface area contributed by atoms with E-state index in [0.29, 0.717) is 34.9 Å². The van der Waals surface area contributed by atoms with Crippen molar-refractivity contribution in [3.63, 3.8) is 0 Å². The molecular weight excluding hydrogens is 498 g/mol. The van der Waals surface area contributed by atoms with Gasteiger partial charge in [0, 0.05) is 38.6 Å². The maximum Gasteiger partial charge on any atom is 0.302 e. The number of ether oxygens (including phenoxy) is 2. The number of anilines is 2. The highest BCUT2D eigenvalue weighted by Crippen LogP contribution is 2.27. The highest BCUT2D eigenvalue weighted by Gasteiger charge is 2.29. The van der Waals surface area contributed by atoms with Gasteiger partial charge in [-0.05, 0) is 36.6 Å². The molecule has 0 saturated carbocycles. The molecule has 1 saturated heterocycles. The fourth-order valence-electron chi connectivity index (χ4n) is 3.98. The zero-order valence-electron chi connectivity index (χ0n) is 20.6. The molecule has 1 aliphatic rings. The lowest BCUT2D eigenvalue weighted by molar-refractivity contribution is -0.141. The van der Waals surface area contributed by atoms with E-state index >= 15 is 0 Å². The molecule has 4 rings (SSSR count). The van der Waals surface area contributed by atoms with Gasteiger partial charge in [0.1, 0.15) is 29.6 Å². The van der Waals surface area contributed by atoms with Gasteiger partial charge in [0.05, 0.1) is 24.7 Å². The van der Waals surface area contributed by atoms with Crippen LogP contribution in [0.2, 0.25) is 5.02 Å². The molecular formula is C25H28ClN7O4. The minimum absolute atomic E-state index is 0.0351. The summed E-state index contributed by atoms with van der Waals surface area (Å²) >= 11 is 6.27. The van der Waals surface area contributed by atoms with Crippen LogP contribution in [0.25, 0.3) is 0 Å². The summed E-state index contributed by atoms with van der Waals surface area (Å²) in [6, 6.07) is 7.12. The maximum absolute atomic E-state index is 13.1. The van der Waals surface area contributed by atoms with Gasteiger partial charge >= 0.3 is 5.97 Å². The Hall–Kier alpha value is -3.99. The fraction of sp³-hybridized carbons (Fsp3) is 0.360. The SMILES string of the molecule is COc1ccc(CNc2nc(N3CCCC3COC(C)=O)ncc2C(=O)NCc2ncccn2)cc1Cl. The third-order valence-corrected chi connectivity index (χ3v) is 6.13. The molecule has 1 amide bonds.